The Balaban J connectivity index is 1.52. The highest BCUT2D eigenvalue weighted by atomic mass is 16.2. The summed E-state index contributed by atoms with van der Waals surface area (Å²) in [7, 11) is 0. The molecule has 26 heavy (non-hydrogen) atoms. The van der Waals surface area contributed by atoms with E-state index < -0.39 is 0 Å². The van der Waals surface area contributed by atoms with Crippen LogP contribution in [-0.4, -0.2) is 32.0 Å². The first kappa shape index (κ1) is 17.1. The van der Waals surface area contributed by atoms with E-state index in [1.807, 2.05) is 17.3 Å². The number of nitrogens with one attached hydrogen (secondary N) is 1. The van der Waals surface area contributed by atoms with Gasteiger partial charge >= 0.3 is 6.03 Å². The number of imidazole rings is 1. The maximum atomic E-state index is 13.0. The van der Waals surface area contributed by atoms with Crippen LogP contribution >= 0.6 is 0 Å². The van der Waals surface area contributed by atoms with Crippen molar-refractivity contribution in [3.8, 4) is 0 Å². The van der Waals surface area contributed by atoms with Crippen molar-refractivity contribution < 1.29 is 4.79 Å². The van der Waals surface area contributed by atoms with Crippen LogP contribution in [0.2, 0.25) is 0 Å². The highest BCUT2D eigenvalue weighted by Crippen LogP contribution is 2.31. The lowest BCUT2D eigenvalue weighted by Gasteiger charge is -2.35. The van der Waals surface area contributed by atoms with Gasteiger partial charge in [0.05, 0.1) is 17.9 Å². The quantitative estimate of drug-likeness (QED) is 0.909. The number of hydrogen-bond donors (Lipinski definition) is 1. The molecule has 0 spiro atoms. The Morgan fingerprint density at radius 2 is 2.12 bits per heavy atom. The molecule has 1 unspecified atom stereocenters. The van der Waals surface area contributed by atoms with Crippen LogP contribution in [0.1, 0.15) is 62.2 Å². The summed E-state index contributed by atoms with van der Waals surface area (Å²) in [4.78, 5) is 24.0. The highest BCUT2D eigenvalue weighted by Gasteiger charge is 2.31. The molecule has 0 aromatic carbocycles. The average molecular weight is 353 g/mol. The van der Waals surface area contributed by atoms with E-state index in [2.05, 4.69) is 32.8 Å². The van der Waals surface area contributed by atoms with Crippen LogP contribution in [-0.2, 0) is 19.4 Å². The van der Waals surface area contributed by atoms with Gasteiger partial charge in [-0.05, 0) is 63.5 Å². The number of anilines is 1. The molecule has 1 saturated heterocycles. The van der Waals surface area contributed by atoms with Crippen LogP contribution in [0, 0.1) is 0 Å². The molecule has 2 amide bonds. The zero-order valence-corrected chi connectivity index (χ0v) is 15.4. The van der Waals surface area contributed by atoms with Gasteiger partial charge in [0.15, 0.2) is 0 Å². The molecular weight excluding hydrogens is 326 g/mol. The summed E-state index contributed by atoms with van der Waals surface area (Å²) in [6.45, 7) is 3.75. The van der Waals surface area contributed by atoms with E-state index in [-0.39, 0.29) is 12.1 Å². The number of aryl methyl sites for hydroxylation is 3. The number of carbonyl (C=O) groups is 1. The molecule has 1 atom stereocenters. The molecule has 6 nitrogen and oxygen atoms in total. The average Bonchev–Trinajstić information content (AvgIpc) is 3.16. The maximum absolute atomic E-state index is 13.0. The smallest absolute Gasteiger partial charge is 0.322 e. The van der Waals surface area contributed by atoms with Gasteiger partial charge < -0.3 is 14.8 Å². The number of hydrogen-bond acceptors (Lipinski definition) is 3. The predicted molar refractivity (Wildman–Crippen MR) is 101 cm³/mol. The summed E-state index contributed by atoms with van der Waals surface area (Å²) >= 11 is 0. The number of amides is 2. The minimum Gasteiger partial charge on any atom is -0.333 e. The van der Waals surface area contributed by atoms with E-state index in [0.29, 0.717) is 0 Å². The molecule has 138 valence electrons. The normalized spacial score (nSPS) is 19.9. The second kappa shape index (κ2) is 7.48. The van der Waals surface area contributed by atoms with Crippen molar-refractivity contribution in [3.05, 3.63) is 41.7 Å². The van der Waals surface area contributed by atoms with Gasteiger partial charge in [0.25, 0.3) is 0 Å². The van der Waals surface area contributed by atoms with Gasteiger partial charge in [-0.2, -0.15) is 0 Å². The van der Waals surface area contributed by atoms with Crippen molar-refractivity contribution in [2.45, 2.75) is 64.5 Å². The van der Waals surface area contributed by atoms with Crippen LogP contribution in [0.3, 0.4) is 0 Å². The van der Waals surface area contributed by atoms with Crippen LogP contribution < -0.4 is 5.32 Å². The van der Waals surface area contributed by atoms with E-state index in [1.54, 1.807) is 6.20 Å². The first-order valence-electron chi connectivity index (χ1n) is 9.82. The second-order valence-corrected chi connectivity index (χ2v) is 7.24. The van der Waals surface area contributed by atoms with Crippen molar-refractivity contribution in [1.82, 2.24) is 19.4 Å². The molecule has 4 rings (SSSR count). The molecule has 0 radical (unpaired) electrons. The topological polar surface area (TPSA) is 63.1 Å². The monoisotopic (exact) mass is 353 g/mol. The number of aromatic nitrogens is 3. The van der Waals surface area contributed by atoms with E-state index in [1.165, 1.54) is 24.1 Å². The molecule has 1 aliphatic carbocycles. The van der Waals surface area contributed by atoms with Gasteiger partial charge in [0.1, 0.15) is 5.82 Å². The molecule has 3 heterocycles. The fraction of sp³-hybridized carbons (Fsp3) is 0.550. The lowest BCUT2D eigenvalue weighted by Crippen LogP contribution is -2.42. The highest BCUT2D eigenvalue weighted by molar-refractivity contribution is 5.89. The Bertz CT molecular complexity index is 784. The number of urea groups is 1. The molecular formula is C20H27N5O. The summed E-state index contributed by atoms with van der Waals surface area (Å²) in [5.41, 5.74) is 3.28. The molecule has 0 bridgehead atoms. The van der Waals surface area contributed by atoms with Crippen molar-refractivity contribution >= 4 is 11.7 Å². The maximum Gasteiger partial charge on any atom is 0.322 e. The third kappa shape index (κ3) is 3.32. The second-order valence-electron chi connectivity index (χ2n) is 7.24. The van der Waals surface area contributed by atoms with Crippen LogP contribution in [0.4, 0.5) is 10.5 Å². The third-order valence-corrected chi connectivity index (χ3v) is 5.57. The number of likely N-dealkylation sites (tertiary alicyclic amines) is 1. The lowest BCUT2D eigenvalue weighted by molar-refractivity contribution is 0.157. The number of piperidine rings is 1. The van der Waals surface area contributed by atoms with E-state index in [4.69, 9.17) is 0 Å². The number of nitrogens with zero attached hydrogens (tertiary/aromatic N) is 4. The van der Waals surface area contributed by atoms with Gasteiger partial charge in [-0.15, -0.1) is 0 Å². The number of fused-ring (bicyclic) bond motifs is 1. The predicted octanol–water partition coefficient (Wildman–Crippen LogP) is 3.94. The zero-order chi connectivity index (χ0) is 17.9. The van der Waals surface area contributed by atoms with Crippen LogP contribution in [0.25, 0.3) is 0 Å². The molecule has 1 N–H and O–H groups in total. The first-order chi connectivity index (χ1) is 12.8. The minimum atomic E-state index is -0.0436. The first-order valence-corrected chi connectivity index (χ1v) is 9.82. The Morgan fingerprint density at radius 1 is 1.23 bits per heavy atom. The minimum absolute atomic E-state index is 0.0436. The van der Waals surface area contributed by atoms with Crippen molar-refractivity contribution in [2.24, 2.45) is 0 Å². The standard InChI is InChI=1S/C20H27N5O/c1-2-24-12-10-21-19(24)18-9-5-6-11-25(18)20(26)23-16-13-15-7-3-4-8-17(15)22-14-16/h10,12-14,18H,2-9,11H2,1H3,(H,23,26). The van der Waals surface area contributed by atoms with E-state index in [9.17, 15) is 4.79 Å². The van der Waals surface area contributed by atoms with E-state index >= 15 is 0 Å². The van der Waals surface area contributed by atoms with Crippen molar-refractivity contribution in [1.29, 1.82) is 0 Å². The Hall–Kier alpha value is -2.37. The largest absolute Gasteiger partial charge is 0.333 e. The van der Waals surface area contributed by atoms with Gasteiger partial charge in [0, 0.05) is 31.2 Å². The molecule has 6 heteroatoms. The van der Waals surface area contributed by atoms with Gasteiger partial charge in [0.2, 0.25) is 0 Å². The molecule has 2 aliphatic rings. The summed E-state index contributed by atoms with van der Waals surface area (Å²) < 4.78 is 2.14. The lowest BCUT2D eigenvalue weighted by atomic mass is 9.96. The summed E-state index contributed by atoms with van der Waals surface area (Å²) in [6, 6.07) is 2.10. The third-order valence-electron chi connectivity index (χ3n) is 5.57. The SMILES string of the molecule is CCn1ccnc1C1CCCCN1C(=O)Nc1cnc2c(c1)CCCC2. The van der Waals surface area contributed by atoms with Gasteiger partial charge in [-0.1, -0.05) is 0 Å². The van der Waals surface area contributed by atoms with Gasteiger partial charge in [-0.25, -0.2) is 9.78 Å². The van der Waals surface area contributed by atoms with Crippen molar-refractivity contribution in [2.75, 3.05) is 11.9 Å². The Morgan fingerprint density at radius 3 is 3.00 bits per heavy atom. The fourth-order valence-corrected chi connectivity index (χ4v) is 4.18. The Kier molecular flexibility index (Phi) is 4.91. The Labute approximate surface area is 154 Å². The summed E-state index contributed by atoms with van der Waals surface area (Å²) in [6.07, 6.45) is 13.3. The van der Waals surface area contributed by atoms with Crippen LogP contribution in [0.15, 0.2) is 24.7 Å². The molecule has 0 saturated carbocycles. The fourth-order valence-electron chi connectivity index (χ4n) is 4.18. The zero-order valence-electron chi connectivity index (χ0n) is 15.4. The molecule has 2 aromatic rings. The number of pyridine rings is 1. The molecule has 1 fully saturated rings. The molecule has 2 aromatic heterocycles. The van der Waals surface area contributed by atoms with Gasteiger partial charge in [-0.3, -0.25) is 4.98 Å². The number of carbonyl (C=O) groups excluding carboxylic acids is 1. The number of rotatable bonds is 3. The van der Waals surface area contributed by atoms with E-state index in [0.717, 1.165) is 56.7 Å². The molecule has 1 aliphatic heterocycles. The van der Waals surface area contributed by atoms with Crippen LogP contribution in [0.5, 0.6) is 0 Å². The summed E-state index contributed by atoms with van der Waals surface area (Å²) in [5.74, 6) is 0.992. The van der Waals surface area contributed by atoms with Crippen molar-refractivity contribution in [3.63, 3.8) is 0 Å². The summed E-state index contributed by atoms with van der Waals surface area (Å²) in [5, 5.41) is 3.08.